The number of aromatic nitrogens is 4. The van der Waals surface area contributed by atoms with Crippen LogP contribution in [-0.2, 0) is 21.2 Å². The van der Waals surface area contributed by atoms with Crippen molar-refractivity contribution in [2.24, 2.45) is 0 Å². The second-order valence-corrected chi connectivity index (χ2v) is 15.7. The average Bonchev–Trinajstić information content (AvgIpc) is 3.75. The second-order valence-electron chi connectivity index (χ2n) is 12.6. The third-order valence-electron chi connectivity index (χ3n) is 9.46. The average molecular weight is 712 g/mol. The van der Waals surface area contributed by atoms with Crippen molar-refractivity contribution in [1.29, 1.82) is 0 Å². The highest BCUT2D eigenvalue weighted by atomic mass is 79.9. The Morgan fingerprint density at radius 1 is 1.13 bits per heavy atom. The van der Waals surface area contributed by atoms with E-state index < -0.39 is 10.0 Å². The summed E-state index contributed by atoms with van der Waals surface area (Å²) in [5.74, 6) is 1.05. The van der Waals surface area contributed by atoms with Gasteiger partial charge in [-0.05, 0) is 80.4 Å². The highest BCUT2D eigenvalue weighted by Gasteiger charge is 2.31. The Bertz CT molecular complexity index is 1880. The number of likely N-dealkylation sites (N-methyl/N-ethyl adjacent to an activating group) is 1. The zero-order valence-corrected chi connectivity index (χ0v) is 29.6. The fourth-order valence-corrected chi connectivity index (χ4v) is 8.26. The Hall–Kier alpha value is -3.10. The number of anilines is 1. The Morgan fingerprint density at radius 2 is 1.89 bits per heavy atom. The standard InChI is InChI=1S/C33H43BrN8O3S/c1-6-46(44,45)41-11-10-25(19-41)36-30-28(34)18-35-33-31(30)37-32(38-33)27-16-21(2)42(23(27)4)29-9-7-8-24(22(29)3)17-26(43)20-40-14-12-39(5)13-15-40/h7-9,16,18,25H,6,10-15,17,19-20H2,1-5H3,(H2,35,36,37,38)/t25-/m0/s1. The highest BCUT2D eigenvalue weighted by Crippen LogP contribution is 2.35. The van der Waals surface area contributed by atoms with Crippen molar-refractivity contribution in [1.82, 2.24) is 33.6 Å². The molecule has 0 radical (unpaired) electrons. The molecule has 0 aliphatic carbocycles. The molecule has 2 saturated heterocycles. The number of aromatic amines is 1. The number of carbonyl (C=O) groups excluding carboxylic acids is 1. The van der Waals surface area contributed by atoms with Crippen LogP contribution in [0.1, 0.15) is 35.9 Å². The molecule has 46 heavy (non-hydrogen) atoms. The van der Waals surface area contributed by atoms with Crippen LogP contribution in [0.4, 0.5) is 5.69 Å². The molecule has 0 bridgehead atoms. The lowest BCUT2D eigenvalue weighted by molar-refractivity contribution is -0.119. The molecule has 2 fully saturated rings. The van der Waals surface area contributed by atoms with Gasteiger partial charge in [-0.3, -0.25) is 9.69 Å². The van der Waals surface area contributed by atoms with E-state index >= 15 is 0 Å². The molecular weight excluding hydrogens is 668 g/mol. The van der Waals surface area contributed by atoms with E-state index in [1.54, 1.807) is 17.4 Å². The number of Topliss-reactive ketones (excluding diaryl/α,β-unsaturated/α-hetero) is 1. The maximum absolute atomic E-state index is 13.1. The summed E-state index contributed by atoms with van der Waals surface area (Å²) in [5.41, 5.74) is 8.44. The van der Waals surface area contributed by atoms with Gasteiger partial charge in [-0.15, -0.1) is 0 Å². The largest absolute Gasteiger partial charge is 0.378 e. The van der Waals surface area contributed by atoms with Gasteiger partial charge in [0.05, 0.1) is 22.5 Å². The first-order valence-electron chi connectivity index (χ1n) is 15.9. The highest BCUT2D eigenvalue weighted by molar-refractivity contribution is 9.10. The smallest absolute Gasteiger partial charge is 0.213 e. The predicted octanol–water partition coefficient (Wildman–Crippen LogP) is 4.30. The number of carbonyl (C=O) groups is 1. The summed E-state index contributed by atoms with van der Waals surface area (Å²) in [6, 6.07) is 8.31. The third-order valence-corrected chi connectivity index (χ3v) is 11.9. The SMILES string of the molecule is CCS(=O)(=O)N1CC[C@H](Nc2c(Br)cnc3nc(-c4cc(C)n(-c5cccc(CC(=O)CN6CCN(C)CC6)c5C)c4C)[nH]c23)C1. The first kappa shape index (κ1) is 32.8. The molecule has 4 aromatic rings. The molecule has 5 heterocycles. The van der Waals surface area contributed by atoms with Gasteiger partial charge in [0.2, 0.25) is 10.0 Å². The number of piperazine rings is 1. The molecule has 2 aliphatic heterocycles. The number of fused-ring (bicyclic) bond motifs is 1. The van der Waals surface area contributed by atoms with Crippen LogP contribution >= 0.6 is 15.9 Å². The van der Waals surface area contributed by atoms with Gasteiger partial charge >= 0.3 is 0 Å². The second kappa shape index (κ2) is 13.2. The maximum atomic E-state index is 13.1. The summed E-state index contributed by atoms with van der Waals surface area (Å²) in [6.07, 6.45) is 2.87. The van der Waals surface area contributed by atoms with E-state index in [1.807, 2.05) is 6.07 Å². The predicted molar refractivity (Wildman–Crippen MR) is 186 cm³/mol. The van der Waals surface area contributed by atoms with E-state index in [0.29, 0.717) is 37.5 Å². The lowest BCUT2D eigenvalue weighted by Gasteiger charge is -2.31. The number of hydrogen-bond donors (Lipinski definition) is 2. The number of halogens is 1. The number of sulfonamides is 1. The van der Waals surface area contributed by atoms with E-state index in [1.165, 1.54) is 0 Å². The monoisotopic (exact) mass is 710 g/mol. The van der Waals surface area contributed by atoms with Crippen molar-refractivity contribution in [2.75, 3.05) is 63.9 Å². The molecule has 3 aromatic heterocycles. The van der Waals surface area contributed by atoms with Crippen molar-refractivity contribution < 1.29 is 13.2 Å². The Kier molecular flexibility index (Phi) is 9.41. The summed E-state index contributed by atoms with van der Waals surface area (Å²) < 4.78 is 29.4. The summed E-state index contributed by atoms with van der Waals surface area (Å²) in [7, 11) is -1.11. The number of pyridine rings is 1. The number of hydrogen-bond acceptors (Lipinski definition) is 8. The number of aryl methyl sites for hydroxylation is 1. The van der Waals surface area contributed by atoms with E-state index in [4.69, 9.17) is 4.98 Å². The van der Waals surface area contributed by atoms with Crippen LogP contribution in [0.3, 0.4) is 0 Å². The van der Waals surface area contributed by atoms with Crippen LogP contribution in [0.25, 0.3) is 28.2 Å². The van der Waals surface area contributed by atoms with Gasteiger partial charge in [-0.2, -0.15) is 4.31 Å². The van der Waals surface area contributed by atoms with Crippen molar-refractivity contribution in [3.8, 4) is 17.1 Å². The zero-order valence-electron chi connectivity index (χ0n) is 27.2. The summed E-state index contributed by atoms with van der Waals surface area (Å²) in [5, 5.41) is 3.55. The van der Waals surface area contributed by atoms with Crippen LogP contribution < -0.4 is 5.32 Å². The van der Waals surface area contributed by atoms with Crippen molar-refractivity contribution >= 4 is 48.6 Å². The van der Waals surface area contributed by atoms with Gasteiger partial charge in [0.15, 0.2) is 11.4 Å². The first-order chi connectivity index (χ1) is 21.9. The summed E-state index contributed by atoms with van der Waals surface area (Å²) in [6.45, 7) is 13.2. The van der Waals surface area contributed by atoms with Crippen LogP contribution in [0, 0.1) is 20.8 Å². The minimum Gasteiger partial charge on any atom is -0.378 e. The van der Waals surface area contributed by atoms with Crippen molar-refractivity contribution in [3.05, 3.63) is 57.4 Å². The van der Waals surface area contributed by atoms with Gasteiger partial charge in [-0.1, -0.05) is 12.1 Å². The molecule has 0 saturated carbocycles. The number of nitrogens with one attached hydrogen (secondary N) is 2. The molecular formula is C33H43BrN8O3S. The maximum Gasteiger partial charge on any atom is 0.213 e. The summed E-state index contributed by atoms with van der Waals surface area (Å²) >= 11 is 3.64. The fraction of sp³-hybridized carbons (Fsp3) is 0.485. The van der Waals surface area contributed by atoms with Crippen molar-refractivity contribution in [3.63, 3.8) is 0 Å². The van der Waals surface area contributed by atoms with Crippen LogP contribution in [0.2, 0.25) is 0 Å². The molecule has 0 amide bonds. The van der Waals surface area contributed by atoms with Gasteiger partial charge in [0.25, 0.3) is 0 Å². The number of nitrogens with zero attached hydrogens (tertiary/aromatic N) is 6. The number of ketones is 1. The van der Waals surface area contributed by atoms with Crippen LogP contribution in [-0.4, -0.2) is 112 Å². The Labute approximate surface area is 279 Å². The fourth-order valence-electron chi connectivity index (χ4n) is 6.69. The van der Waals surface area contributed by atoms with Crippen LogP contribution in [0.15, 0.2) is 34.9 Å². The number of H-pyrrole nitrogens is 1. The van der Waals surface area contributed by atoms with E-state index in [0.717, 1.165) is 82.0 Å². The first-order valence-corrected chi connectivity index (χ1v) is 18.3. The third kappa shape index (κ3) is 6.52. The Morgan fingerprint density at radius 3 is 2.63 bits per heavy atom. The topological polar surface area (TPSA) is 119 Å². The van der Waals surface area contributed by atoms with Crippen LogP contribution in [0.5, 0.6) is 0 Å². The molecule has 2 aliphatic rings. The molecule has 0 spiro atoms. The van der Waals surface area contributed by atoms with Gasteiger partial charge in [0.1, 0.15) is 11.3 Å². The number of benzene rings is 1. The van der Waals surface area contributed by atoms with E-state index in [2.05, 4.69) is 91.6 Å². The molecule has 13 heteroatoms. The Balaban J connectivity index is 1.25. The summed E-state index contributed by atoms with van der Waals surface area (Å²) in [4.78, 5) is 30.6. The minimum absolute atomic E-state index is 0.0243. The van der Waals surface area contributed by atoms with Gasteiger partial charge in [0, 0.05) is 80.6 Å². The zero-order chi connectivity index (χ0) is 32.7. The molecule has 1 aromatic carbocycles. The van der Waals surface area contributed by atoms with E-state index in [9.17, 15) is 13.2 Å². The molecule has 6 rings (SSSR count). The quantitative estimate of drug-likeness (QED) is 0.250. The number of imidazole rings is 1. The molecule has 0 unspecified atom stereocenters. The minimum atomic E-state index is -3.23. The molecule has 1 atom stereocenters. The number of rotatable bonds is 10. The van der Waals surface area contributed by atoms with E-state index in [-0.39, 0.29) is 17.6 Å². The lowest BCUT2D eigenvalue weighted by atomic mass is 10.0. The normalized spacial score (nSPS) is 18.5. The molecule has 246 valence electrons. The molecule has 2 N–H and O–H groups in total. The lowest BCUT2D eigenvalue weighted by Crippen LogP contribution is -2.46. The van der Waals surface area contributed by atoms with Crippen molar-refractivity contribution in [2.45, 2.75) is 46.6 Å². The van der Waals surface area contributed by atoms with Gasteiger partial charge in [-0.25, -0.2) is 18.4 Å². The molecule has 11 nitrogen and oxygen atoms in total. The van der Waals surface area contributed by atoms with Gasteiger partial charge < -0.3 is 19.8 Å².